The molecule has 0 aliphatic rings. The molecule has 0 bridgehead atoms. The number of nitrogens with zero attached hydrogens (tertiary/aromatic N) is 1. The Bertz CT molecular complexity index is 519. The number of rotatable bonds is 3. The van der Waals surface area contributed by atoms with E-state index in [0.29, 0.717) is 5.01 Å². The van der Waals surface area contributed by atoms with Crippen LogP contribution in [0, 0.1) is 0 Å². The second kappa shape index (κ2) is 5.05. The van der Waals surface area contributed by atoms with Crippen molar-refractivity contribution in [3.8, 4) is 0 Å². The zero-order valence-corrected chi connectivity index (χ0v) is 9.83. The molecular weight excluding hydrogens is 242 g/mol. The van der Waals surface area contributed by atoms with Crippen LogP contribution in [0.25, 0.3) is 12.2 Å². The first-order valence-electron chi connectivity index (χ1n) is 4.64. The first-order chi connectivity index (χ1) is 7.75. The van der Waals surface area contributed by atoms with Crippen molar-refractivity contribution >= 4 is 40.3 Å². The van der Waals surface area contributed by atoms with Gasteiger partial charge in [0.1, 0.15) is 0 Å². The molecule has 0 aliphatic heterocycles. The Morgan fingerprint density at radius 3 is 2.62 bits per heavy atom. The van der Waals surface area contributed by atoms with Crippen molar-refractivity contribution in [1.29, 1.82) is 0 Å². The van der Waals surface area contributed by atoms with Crippen LogP contribution in [0.15, 0.2) is 35.7 Å². The van der Waals surface area contributed by atoms with Crippen LogP contribution in [0.5, 0.6) is 0 Å². The largest absolute Gasteiger partial charge is 0.281 e. The van der Waals surface area contributed by atoms with Gasteiger partial charge in [0.25, 0.3) is 5.24 Å². The maximum atomic E-state index is 10.8. The summed E-state index contributed by atoms with van der Waals surface area (Å²) < 4.78 is 0. The normalized spacial score (nSPS) is 10.8. The van der Waals surface area contributed by atoms with Crippen molar-refractivity contribution in [3.63, 3.8) is 0 Å². The number of benzene rings is 1. The quantitative estimate of drug-likeness (QED) is 0.777. The van der Waals surface area contributed by atoms with Crippen LogP contribution in [0.1, 0.15) is 21.1 Å². The predicted octanol–water partition coefficient (Wildman–Crippen LogP) is 3.69. The van der Waals surface area contributed by atoms with E-state index < -0.39 is 5.24 Å². The monoisotopic (exact) mass is 249 g/mol. The molecule has 0 atom stereocenters. The third kappa shape index (κ3) is 2.78. The number of carbonyl (C=O) groups is 1. The Kier molecular flexibility index (Phi) is 3.49. The Labute approximate surface area is 102 Å². The fourth-order valence-corrected chi connectivity index (χ4v) is 1.99. The van der Waals surface area contributed by atoms with E-state index in [9.17, 15) is 4.79 Å². The van der Waals surface area contributed by atoms with Crippen molar-refractivity contribution in [2.45, 2.75) is 0 Å². The molecule has 0 saturated carbocycles. The molecular formula is C12H8ClNOS. The molecule has 0 spiro atoms. The van der Waals surface area contributed by atoms with Gasteiger partial charge < -0.3 is 0 Å². The molecule has 1 aromatic carbocycles. The average Bonchev–Trinajstić information content (AvgIpc) is 2.76. The van der Waals surface area contributed by atoms with E-state index in [4.69, 9.17) is 11.6 Å². The molecule has 0 amide bonds. The summed E-state index contributed by atoms with van der Waals surface area (Å²) in [5.74, 6) is 0. The van der Waals surface area contributed by atoms with E-state index in [1.165, 1.54) is 11.3 Å². The van der Waals surface area contributed by atoms with Gasteiger partial charge in [-0.3, -0.25) is 4.79 Å². The summed E-state index contributed by atoms with van der Waals surface area (Å²) >= 11 is 6.57. The summed E-state index contributed by atoms with van der Waals surface area (Å²) in [6, 6.07) is 9.89. The molecule has 80 valence electrons. The van der Waals surface area contributed by atoms with Gasteiger partial charge in [-0.2, -0.15) is 0 Å². The van der Waals surface area contributed by atoms with Gasteiger partial charge in [-0.25, -0.2) is 4.98 Å². The summed E-state index contributed by atoms with van der Waals surface area (Å²) in [6.07, 6.45) is 3.80. The van der Waals surface area contributed by atoms with Crippen LogP contribution in [0.3, 0.4) is 0 Å². The molecule has 4 heteroatoms. The molecule has 0 N–H and O–H groups in total. The maximum absolute atomic E-state index is 10.8. The summed E-state index contributed by atoms with van der Waals surface area (Å²) in [5, 5.41) is 1.62. The molecule has 0 unspecified atom stereocenters. The Balaban J connectivity index is 2.15. The lowest BCUT2D eigenvalue weighted by Gasteiger charge is -1.89. The summed E-state index contributed by atoms with van der Waals surface area (Å²) in [4.78, 5) is 14.9. The fourth-order valence-electron chi connectivity index (χ4n) is 1.20. The number of carbonyl (C=O) groups excluding carboxylic acids is 1. The zero-order valence-electron chi connectivity index (χ0n) is 8.26. The molecule has 0 aliphatic carbocycles. The number of hydrogen-bond acceptors (Lipinski definition) is 3. The van der Waals surface area contributed by atoms with E-state index >= 15 is 0 Å². The third-order valence-corrected chi connectivity index (χ3v) is 3.09. The van der Waals surface area contributed by atoms with Crippen LogP contribution in [-0.2, 0) is 0 Å². The van der Waals surface area contributed by atoms with E-state index in [0.717, 1.165) is 11.3 Å². The van der Waals surface area contributed by atoms with E-state index in [1.807, 2.05) is 42.5 Å². The van der Waals surface area contributed by atoms with Crippen molar-refractivity contribution in [2.75, 3.05) is 0 Å². The van der Waals surface area contributed by atoms with E-state index in [1.54, 1.807) is 5.38 Å². The Morgan fingerprint density at radius 1 is 1.25 bits per heavy atom. The smallest absolute Gasteiger partial charge is 0.273 e. The molecule has 0 radical (unpaired) electrons. The van der Waals surface area contributed by atoms with Crippen LogP contribution >= 0.6 is 22.9 Å². The standard InChI is InChI=1S/C12H8ClNOS/c13-11(15)12-14-10(8-16-12)7-6-9-4-2-1-3-5-9/h1-8H/b7-6+. The van der Waals surface area contributed by atoms with Gasteiger partial charge in [0.2, 0.25) is 0 Å². The lowest BCUT2D eigenvalue weighted by atomic mass is 10.2. The molecule has 2 nitrogen and oxygen atoms in total. The van der Waals surface area contributed by atoms with Crippen LogP contribution in [0.4, 0.5) is 0 Å². The lowest BCUT2D eigenvalue weighted by molar-refractivity contribution is 0.108. The van der Waals surface area contributed by atoms with Gasteiger partial charge in [-0.15, -0.1) is 11.3 Å². The topological polar surface area (TPSA) is 30.0 Å². The minimum Gasteiger partial charge on any atom is -0.273 e. The molecule has 16 heavy (non-hydrogen) atoms. The average molecular weight is 250 g/mol. The second-order valence-electron chi connectivity index (χ2n) is 3.10. The fraction of sp³-hybridized carbons (Fsp3) is 0. The second-order valence-corrected chi connectivity index (χ2v) is 4.30. The van der Waals surface area contributed by atoms with Gasteiger partial charge in [-0.05, 0) is 23.2 Å². The van der Waals surface area contributed by atoms with Gasteiger partial charge >= 0.3 is 0 Å². The summed E-state index contributed by atoms with van der Waals surface area (Å²) in [6.45, 7) is 0. The van der Waals surface area contributed by atoms with Gasteiger partial charge in [-0.1, -0.05) is 36.4 Å². The Hall–Kier alpha value is -1.45. The molecule has 0 fully saturated rings. The van der Waals surface area contributed by atoms with Crippen molar-refractivity contribution in [3.05, 3.63) is 52.0 Å². The van der Waals surface area contributed by atoms with Gasteiger partial charge in [0.05, 0.1) is 5.69 Å². The van der Waals surface area contributed by atoms with Gasteiger partial charge in [0, 0.05) is 5.38 Å². The highest BCUT2D eigenvalue weighted by Crippen LogP contribution is 2.14. The van der Waals surface area contributed by atoms with Crippen LogP contribution in [0.2, 0.25) is 0 Å². The summed E-state index contributed by atoms with van der Waals surface area (Å²) in [7, 11) is 0. The molecule has 2 aromatic rings. The van der Waals surface area contributed by atoms with Crippen molar-refractivity contribution in [2.24, 2.45) is 0 Å². The lowest BCUT2D eigenvalue weighted by Crippen LogP contribution is -1.85. The van der Waals surface area contributed by atoms with Crippen LogP contribution < -0.4 is 0 Å². The van der Waals surface area contributed by atoms with E-state index in [-0.39, 0.29) is 0 Å². The Morgan fingerprint density at radius 2 is 2.00 bits per heavy atom. The summed E-state index contributed by atoms with van der Waals surface area (Å²) in [5.41, 5.74) is 1.84. The van der Waals surface area contributed by atoms with Gasteiger partial charge in [0.15, 0.2) is 5.01 Å². The zero-order chi connectivity index (χ0) is 11.4. The number of hydrogen-bond donors (Lipinski definition) is 0. The number of thiazole rings is 1. The van der Waals surface area contributed by atoms with E-state index in [2.05, 4.69) is 4.98 Å². The number of aromatic nitrogens is 1. The third-order valence-electron chi connectivity index (χ3n) is 1.94. The molecule has 1 heterocycles. The minimum absolute atomic E-state index is 0.328. The van der Waals surface area contributed by atoms with Crippen molar-refractivity contribution in [1.82, 2.24) is 4.98 Å². The van der Waals surface area contributed by atoms with Crippen LogP contribution in [-0.4, -0.2) is 10.2 Å². The maximum Gasteiger partial charge on any atom is 0.281 e. The number of halogens is 1. The predicted molar refractivity (Wildman–Crippen MR) is 67.7 cm³/mol. The molecule has 2 rings (SSSR count). The molecule has 0 saturated heterocycles. The highest BCUT2D eigenvalue weighted by Gasteiger charge is 2.05. The highest BCUT2D eigenvalue weighted by atomic mass is 35.5. The highest BCUT2D eigenvalue weighted by molar-refractivity contribution is 7.13. The first kappa shape index (κ1) is 11.0. The minimum atomic E-state index is -0.510. The SMILES string of the molecule is O=C(Cl)c1nc(/C=C/c2ccccc2)cs1. The molecule has 1 aromatic heterocycles. The first-order valence-corrected chi connectivity index (χ1v) is 5.90. The van der Waals surface area contributed by atoms with Crippen molar-refractivity contribution < 1.29 is 4.79 Å².